The summed E-state index contributed by atoms with van der Waals surface area (Å²) < 4.78 is 0. The molecule has 4 heteroatoms. The van der Waals surface area contributed by atoms with E-state index in [1.165, 1.54) is 0 Å². The van der Waals surface area contributed by atoms with E-state index in [4.69, 9.17) is 5.11 Å². The Morgan fingerprint density at radius 3 is 2.42 bits per heavy atom. The Morgan fingerprint density at radius 1 is 1.50 bits per heavy atom. The number of aliphatic hydroxyl groups excluding tert-OH is 1. The average molecular weight is 198 g/mol. The number of carboxylic acids is 1. The van der Waals surface area contributed by atoms with Gasteiger partial charge in [-0.15, -0.1) is 0 Å². The Kier molecular flexibility index (Phi) is 13.1. The van der Waals surface area contributed by atoms with Gasteiger partial charge in [0, 0.05) is 12.6 Å². The molecule has 0 aliphatic heterocycles. The van der Waals surface area contributed by atoms with Crippen LogP contribution >= 0.6 is 0 Å². The average Bonchev–Trinajstić information content (AvgIpc) is 1.97. The molecule has 0 spiro atoms. The maximum absolute atomic E-state index is 10.4. The molecule has 0 aliphatic rings. The Balaban J connectivity index is 0. The van der Waals surface area contributed by atoms with E-state index in [0.29, 0.717) is 19.3 Å². The molecular formula is C8H15KO3. The summed E-state index contributed by atoms with van der Waals surface area (Å²) in [6, 6.07) is 0. The van der Waals surface area contributed by atoms with Crippen LogP contribution in [-0.2, 0) is 4.79 Å². The minimum atomic E-state index is -0.986. The third kappa shape index (κ3) is 7.70. The second-order valence-corrected chi connectivity index (χ2v) is 2.67. The first-order valence-corrected chi connectivity index (χ1v) is 4.04. The van der Waals surface area contributed by atoms with Gasteiger partial charge in [0.15, 0.2) is 0 Å². The molecular weight excluding hydrogens is 183 g/mol. The van der Waals surface area contributed by atoms with Crippen LogP contribution in [0.3, 0.4) is 0 Å². The van der Waals surface area contributed by atoms with Gasteiger partial charge in [-0.25, -0.2) is 0 Å². The van der Waals surface area contributed by atoms with Gasteiger partial charge in [-0.3, -0.25) is 0 Å². The number of carbonyl (C=O) groups excluding carboxylic acids is 1. The minimum absolute atomic E-state index is 0. The van der Waals surface area contributed by atoms with Crippen molar-refractivity contribution in [2.75, 3.05) is 6.61 Å². The van der Waals surface area contributed by atoms with Gasteiger partial charge < -0.3 is 15.0 Å². The fourth-order valence-electron chi connectivity index (χ4n) is 1.07. The van der Waals surface area contributed by atoms with Gasteiger partial charge in [0.1, 0.15) is 0 Å². The second-order valence-electron chi connectivity index (χ2n) is 2.67. The van der Waals surface area contributed by atoms with E-state index in [1.807, 2.05) is 6.92 Å². The summed E-state index contributed by atoms with van der Waals surface area (Å²) in [6.07, 6.45) is 2.59. The maximum Gasteiger partial charge on any atom is 1.00 e. The molecule has 0 bridgehead atoms. The van der Waals surface area contributed by atoms with Crippen molar-refractivity contribution in [3.63, 3.8) is 0 Å². The number of hydrogen-bond donors (Lipinski definition) is 1. The van der Waals surface area contributed by atoms with Gasteiger partial charge >= 0.3 is 51.4 Å². The SMILES string of the molecule is CCCC(CCCO)C(=O)[O-].[K+]. The van der Waals surface area contributed by atoms with Crippen molar-refractivity contribution in [3.05, 3.63) is 0 Å². The molecule has 0 saturated carbocycles. The van der Waals surface area contributed by atoms with Crippen LogP contribution in [0.25, 0.3) is 0 Å². The molecule has 0 amide bonds. The fraction of sp³-hybridized carbons (Fsp3) is 0.875. The van der Waals surface area contributed by atoms with E-state index in [-0.39, 0.29) is 63.9 Å². The Hall–Kier alpha value is 1.07. The van der Waals surface area contributed by atoms with Crippen molar-refractivity contribution < 1.29 is 66.4 Å². The first kappa shape index (κ1) is 15.5. The van der Waals surface area contributed by atoms with Crippen LogP contribution in [0.1, 0.15) is 32.6 Å². The van der Waals surface area contributed by atoms with Crippen LogP contribution in [-0.4, -0.2) is 17.7 Å². The molecule has 0 aromatic rings. The summed E-state index contributed by atoms with van der Waals surface area (Å²) in [5, 5.41) is 18.9. The van der Waals surface area contributed by atoms with Crippen molar-refractivity contribution >= 4 is 5.97 Å². The quantitative estimate of drug-likeness (QED) is 0.461. The standard InChI is InChI=1S/C8H16O3.K/c1-2-4-7(8(10)11)5-3-6-9;/h7,9H,2-6H2,1H3,(H,10,11);/q;+1/p-1. The van der Waals surface area contributed by atoms with E-state index >= 15 is 0 Å². The maximum atomic E-state index is 10.4. The zero-order chi connectivity index (χ0) is 8.69. The molecule has 0 saturated heterocycles. The zero-order valence-corrected chi connectivity index (χ0v) is 11.0. The molecule has 1 atom stereocenters. The number of aliphatic hydroxyl groups is 1. The minimum Gasteiger partial charge on any atom is -0.550 e. The normalized spacial score (nSPS) is 11.8. The van der Waals surface area contributed by atoms with E-state index in [2.05, 4.69) is 0 Å². The van der Waals surface area contributed by atoms with Crippen LogP contribution in [0.2, 0.25) is 0 Å². The van der Waals surface area contributed by atoms with E-state index in [0.717, 1.165) is 6.42 Å². The molecule has 1 unspecified atom stereocenters. The summed E-state index contributed by atoms with van der Waals surface area (Å²) >= 11 is 0. The van der Waals surface area contributed by atoms with Gasteiger partial charge in [0.2, 0.25) is 0 Å². The molecule has 3 nitrogen and oxygen atoms in total. The molecule has 66 valence electrons. The van der Waals surface area contributed by atoms with Crippen LogP contribution in [0.5, 0.6) is 0 Å². The molecule has 12 heavy (non-hydrogen) atoms. The molecule has 0 radical (unpaired) electrons. The van der Waals surface area contributed by atoms with E-state index < -0.39 is 5.97 Å². The Bertz CT molecular complexity index is 117. The summed E-state index contributed by atoms with van der Waals surface area (Å²) in [4.78, 5) is 10.4. The summed E-state index contributed by atoms with van der Waals surface area (Å²) in [5.41, 5.74) is 0. The number of rotatable bonds is 6. The van der Waals surface area contributed by atoms with Crippen molar-refractivity contribution in [3.8, 4) is 0 Å². The fourth-order valence-corrected chi connectivity index (χ4v) is 1.07. The molecule has 0 aromatic carbocycles. The van der Waals surface area contributed by atoms with Crippen molar-refractivity contribution in [1.82, 2.24) is 0 Å². The van der Waals surface area contributed by atoms with Gasteiger partial charge in [-0.2, -0.15) is 0 Å². The molecule has 1 N–H and O–H groups in total. The van der Waals surface area contributed by atoms with Gasteiger partial charge in [-0.05, 0) is 25.2 Å². The molecule has 0 aromatic heterocycles. The van der Waals surface area contributed by atoms with Crippen LogP contribution < -0.4 is 56.5 Å². The summed E-state index contributed by atoms with van der Waals surface area (Å²) in [7, 11) is 0. The van der Waals surface area contributed by atoms with Crippen LogP contribution in [0, 0.1) is 5.92 Å². The molecule has 0 rings (SSSR count). The predicted octanol–water partition coefficient (Wildman–Crippen LogP) is -3.07. The second kappa shape index (κ2) is 10.1. The van der Waals surface area contributed by atoms with Crippen molar-refractivity contribution in [2.45, 2.75) is 32.6 Å². The van der Waals surface area contributed by atoms with Crippen LogP contribution in [0.15, 0.2) is 0 Å². The van der Waals surface area contributed by atoms with Gasteiger partial charge in [0.05, 0.1) is 0 Å². The predicted molar refractivity (Wildman–Crippen MR) is 39.7 cm³/mol. The monoisotopic (exact) mass is 198 g/mol. The van der Waals surface area contributed by atoms with Gasteiger partial charge in [-0.1, -0.05) is 13.3 Å². The smallest absolute Gasteiger partial charge is 0.550 e. The zero-order valence-electron chi connectivity index (χ0n) is 7.88. The van der Waals surface area contributed by atoms with Crippen molar-refractivity contribution in [1.29, 1.82) is 0 Å². The van der Waals surface area contributed by atoms with E-state index in [9.17, 15) is 9.90 Å². The number of carbonyl (C=O) groups is 1. The first-order valence-electron chi connectivity index (χ1n) is 4.04. The summed E-state index contributed by atoms with van der Waals surface area (Å²) in [6.45, 7) is 2.00. The number of aliphatic carboxylic acids is 1. The molecule has 0 fully saturated rings. The third-order valence-corrected chi connectivity index (χ3v) is 1.68. The number of carboxylic acid groups (broad SMARTS) is 1. The number of hydrogen-bond acceptors (Lipinski definition) is 3. The first-order chi connectivity index (χ1) is 5.22. The Labute approximate surface area is 116 Å². The van der Waals surface area contributed by atoms with E-state index in [1.54, 1.807) is 0 Å². The third-order valence-electron chi connectivity index (χ3n) is 1.68. The molecule has 0 heterocycles. The van der Waals surface area contributed by atoms with Crippen LogP contribution in [0.4, 0.5) is 0 Å². The largest absolute Gasteiger partial charge is 1.00 e. The summed E-state index contributed by atoms with van der Waals surface area (Å²) in [5.74, 6) is -1.35. The molecule has 0 aliphatic carbocycles. The van der Waals surface area contributed by atoms with Gasteiger partial charge in [0.25, 0.3) is 0 Å². The Morgan fingerprint density at radius 2 is 2.08 bits per heavy atom. The van der Waals surface area contributed by atoms with Crippen molar-refractivity contribution in [2.24, 2.45) is 5.92 Å². The topological polar surface area (TPSA) is 60.4 Å².